The minimum absolute atomic E-state index is 0.0583. The van der Waals surface area contributed by atoms with Gasteiger partial charge in [0.1, 0.15) is 6.17 Å². The van der Waals surface area contributed by atoms with Gasteiger partial charge in [0.25, 0.3) is 0 Å². The van der Waals surface area contributed by atoms with Crippen LogP contribution in [-0.4, -0.2) is 55.6 Å². The number of fused-ring (bicyclic) bond motifs is 5. The van der Waals surface area contributed by atoms with Crippen molar-refractivity contribution >= 4 is 34.4 Å². The molecule has 6 unspecified atom stereocenters. The number of allylic oxidation sites excluding steroid dienone is 8. The summed E-state index contributed by atoms with van der Waals surface area (Å²) in [6, 6.07) is 0. The van der Waals surface area contributed by atoms with Gasteiger partial charge in [0.2, 0.25) is 0 Å². The van der Waals surface area contributed by atoms with E-state index in [0.717, 1.165) is 24.6 Å². The molecule has 0 amide bonds. The van der Waals surface area contributed by atoms with Crippen LogP contribution in [-0.2, 0) is 19.2 Å². The molecule has 47 heavy (non-hydrogen) atoms. The molecule has 2 N–H and O–H groups in total. The number of aliphatic carboxylic acids is 1. The lowest BCUT2D eigenvalue weighted by Gasteiger charge is -2.62. The average Bonchev–Trinajstić information content (AvgIpc) is 3.61. The molecule has 5 aliphatic rings. The molecule has 0 aromatic rings. The van der Waals surface area contributed by atoms with E-state index < -0.39 is 51.3 Å². The standard InChI is InChI=1S/C33H40F2O4S.C3H6O2.C2H6/c1-6-10-20(7-2)28(38)32(12-8-9-13-32)40-29(39)27-19(3)15-22-23-17-25(34)24-16-21(36)11-14-31(24,5)33(23,35)26(37)18-30(22,27)4;1-2-3(4)5;1-2/h6-7,10-11,14,16,19,22-23,25-27,37H,1-2,8-9,12-13,15,17-18H2,3-5H3;2H2,1H3,(H,4,5);1-2H3/b20-10+;;/t19-,22?,23?,25+,26?,27?,30?,31?,33+;;/m1../s1. The van der Waals surface area contributed by atoms with Gasteiger partial charge < -0.3 is 10.2 Å². The fourth-order valence-electron chi connectivity index (χ4n) is 9.28. The lowest BCUT2D eigenvalue weighted by Crippen LogP contribution is -2.68. The van der Waals surface area contributed by atoms with Gasteiger partial charge in [-0.1, -0.05) is 96.7 Å². The van der Waals surface area contributed by atoms with Crippen LogP contribution in [0.2, 0.25) is 0 Å². The Balaban J connectivity index is 0.000000784. The maximum absolute atomic E-state index is 17.4. The van der Waals surface area contributed by atoms with Crippen molar-refractivity contribution in [3.8, 4) is 0 Å². The monoisotopic (exact) mass is 674 g/mol. The molecule has 6 nitrogen and oxygen atoms in total. The molecular formula is C38H52F2O6S. The minimum Gasteiger partial charge on any atom is -0.481 e. The van der Waals surface area contributed by atoms with E-state index >= 15 is 8.78 Å². The molecule has 0 radical (unpaired) electrons. The molecule has 0 aromatic carbocycles. The van der Waals surface area contributed by atoms with E-state index in [1.807, 2.05) is 27.7 Å². The fourth-order valence-corrected chi connectivity index (χ4v) is 11.0. The first-order valence-electron chi connectivity index (χ1n) is 17.0. The topological polar surface area (TPSA) is 109 Å². The van der Waals surface area contributed by atoms with Crippen molar-refractivity contribution < 1.29 is 38.2 Å². The first kappa shape index (κ1) is 38.8. The van der Waals surface area contributed by atoms with Crippen molar-refractivity contribution in [1.82, 2.24) is 0 Å². The second kappa shape index (κ2) is 14.9. The van der Waals surface area contributed by atoms with Crippen molar-refractivity contribution in [3.05, 3.63) is 60.8 Å². The molecule has 260 valence electrons. The molecule has 4 saturated carbocycles. The molecule has 4 fully saturated rings. The largest absolute Gasteiger partial charge is 0.481 e. The molecule has 5 aliphatic carbocycles. The van der Waals surface area contributed by atoms with Crippen molar-refractivity contribution in [2.75, 3.05) is 0 Å². The van der Waals surface area contributed by atoms with Crippen LogP contribution in [0.15, 0.2) is 60.8 Å². The average molecular weight is 675 g/mol. The Labute approximate surface area is 282 Å². The molecule has 0 aromatic heterocycles. The predicted octanol–water partition coefficient (Wildman–Crippen LogP) is 8.11. The van der Waals surface area contributed by atoms with Crippen LogP contribution in [0.3, 0.4) is 0 Å². The van der Waals surface area contributed by atoms with E-state index in [4.69, 9.17) is 5.11 Å². The van der Waals surface area contributed by atoms with Crippen LogP contribution in [0.1, 0.15) is 92.9 Å². The number of alkyl halides is 2. The van der Waals surface area contributed by atoms with Crippen LogP contribution in [0.5, 0.6) is 0 Å². The van der Waals surface area contributed by atoms with E-state index in [9.17, 15) is 24.3 Å². The van der Waals surface area contributed by atoms with Gasteiger partial charge in [0, 0.05) is 29.2 Å². The van der Waals surface area contributed by atoms with Crippen LogP contribution >= 0.6 is 11.8 Å². The Bertz CT molecular complexity index is 1360. The molecule has 0 heterocycles. The second-order valence-electron chi connectivity index (χ2n) is 13.9. The van der Waals surface area contributed by atoms with Crippen molar-refractivity contribution in [3.63, 3.8) is 0 Å². The summed E-state index contributed by atoms with van der Waals surface area (Å²) in [5.41, 5.74) is -3.82. The Kier molecular flexibility index (Phi) is 12.3. The van der Waals surface area contributed by atoms with Crippen molar-refractivity contribution in [2.45, 2.75) is 116 Å². The summed E-state index contributed by atoms with van der Waals surface area (Å²) < 4.78 is 32.2. The molecule has 0 saturated heterocycles. The molecule has 0 bridgehead atoms. The fraction of sp³-hybridized carbons (Fsp3) is 0.632. The quantitative estimate of drug-likeness (QED) is 0.207. The molecule has 0 spiro atoms. The van der Waals surface area contributed by atoms with Gasteiger partial charge in [-0.2, -0.15) is 0 Å². The van der Waals surface area contributed by atoms with Gasteiger partial charge in [-0.15, -0.1) is 0 Å². The summed E-state index contributed by atoms with van der Waals surface area (Å²) in [6.07, 6.45) is 9.21. The maximum atomic E-state index is 17.4. The zero-order valence-corrected chi connectivity index (χ0v) is 29.5. The Morgan fingerprint density at radius 3 is 2.23 bits per heavy atom. The van der Waals surface area contributed by atoms with E-state index in [0.29, 0.717) is 24.8 Å². The van der Waals surface area contributed by atoms with Gasteiger partial charge in [0.05, 0.1) is 10.9 Å². The third-order valence-corrected chi connectivity index (χ3v) is 12.9. The summed E-state index contributed by atoms with van der Waals surface area (Å²) in [5, 5.41) is 19.2. The van der Waals surface area contributed by atoms with Crippen LogP contribution < -0.4 is 0 Å². The number of hydrogen-bond acceptors (Lipinski definition) is 6. The van der Waals surface area contributed by atoms with Crippen molar-refractivity contribution in [1.29, 1.82) is 0 Å². The number of Topliss-reactive ketones (excluding diaryl/α,β-unsaturated/α-hetero) is 1. The number of thioether (sulfide) groups is 1. The van der Waals surface area contributed by atoms with Crippen LogP contribution in [0.25, 0.3) is 0 Å². The number of carbonyl (C=O) groups excluding carboxylic acids is 3. The maximum Gasteiger partial charge on any atom is 0.303 e. The first-order chi connectivity index (χ1) is 22.1. The SMILES string of the molecule is C=C/C=C(\C=C)C(=O)C1(SC(=O)C2[C@H](C)CC3C4C[C@H](F)C5=CC(=O)C=CC5(C)[C@@]4(F)C(O)CC32C)CCCC1.CC.CCC(=O)O. The van der Waals surface area contributed by atoms with Gasteiger partial charge in [-0.25, -0.2) is 8.78 Å². The molecule has 0 aliphatic heterocycles. The zero-order valence-electron chi connectivity index (χ0n) is 28.7. The number of hydrogen-bond donors (Lipinski definition) is 2. The van der Waals surface area contributed by atoms with Gasteiger partial charge >= 0.3 is 5.97 Å². The number of carboxylic acids is 1. The number of carboxylic acid groups (broad SMARTS) is 1. The lowest BCUT2D eigenvalue weighted by atomic mass is 9.45. The van der Waals surface area contributed by atoms with E-state index in [1.165, 1.54) is 24.3 Å². The first-order valence-corrected chi connectivity index (χ1v) is 17.8. The van der Waals surface area contributed by atoms with E-state index in [2.05, 4.69) is 13.2 Å². The number of carbonyl (C=O) groups is 4. The van der Waals surface area contributed by atoms with Gasteiger partial charge in [-0.3, -0.25) is 19.2 Å². The summed E-state index contributed by atoms with van der Waals surface area (Å²) in [7, 11) is 0. The molecule has 9 atom stereocenters. The lowest BCUT2D eigenvalue weighted by molar-refractivity contribution is -0.201. The van der Waals surface area contributed by atoms with Crippen LogP contribution in [0.4, 0.5) is 8.78 Å². The summed E-state index contributed by atoms with van der Waals surface area (Å²) in [5.74, 6) is -3.00. The van der Waals surface area contributed by atoms with E-state index in [-0.39, 0.29) is 53.4 Å². The molecule has 9 heteroatoms. The minimum atomic E-state index is -2.16. The van der Waals surface area contributed by atoms with Crippen molar-refractivity contribution in [2.24, 2.45) is 34.5 Å². The second-order valence-corrected chi connectivity index (χ2v) is 15.3. The predicted molar refractivity (Wildman–Crippen MR) is 183 cm³/mol. The van der Waals surface area contributed by atoms with E-state index in [1.54, 1.807) is 26.0 Å². The Morgan fingerprint density at radius 2 is 1.70 bits per heavy atom. The summed E-state index contributed by atoms with van der Waals surface area (Å²) in [6.45, 7) is 18.6. The smallest absolute Gasteiger partial charge is 0.303 e. The molecule has 5 rings (SSSR count). The highest BCUT2D eigenvalue weighted by atomic mass is 32.2. The normalized spacial score (nSPS) is 38.2. The number of aliphatic hydroxyl groups excluding tert-OH is 1. The van der Waals surface area contributed by atoms with Gasteiger partial charge in [0.15, 0.2) is 22.4 Å². The highest BCUT2D eigenvalue weighted by molar-refractivity contribution is 8.15. The van der Waals surface area contributed by atoms with Gasteiger partial charge in [-0.05, 0) is 74.0 Å². The zero-order chi connectivity index (χ0) is 35.5. The number of rotatable bonds is 7. The number of aliphatic hydroxyl groups is 1. The third-order valence-electron chi connectivity index (χ3n) is 11.4. The highest BCUT2D eigenvalue weighted by Gasteiger charge is 2.73. The van der Waals surface area contributed by atoms with Crippen LogP contribution in [0, 0.1) is 34.5 Å². The summed E-state index contributed by atoms with van der Waals surface area (Å²) in [4.78, 5) is 49.3. The third kappa shape index (κ3) is 6.55. The Hall–Kier alpha value is -2.65. The Morgan fingerprint density at radius 1 is 1.11 bits per heavy atom. The summed E-state index contributed by atoms with van der Waals surface area (Å²) >= 11 is 1.12. The number of ketones is 2. The number of halogens is 2. The molecular weight excluding hydrogens is 622 g/mol. The highest BCUT2D eigenvalue weighted by Crippen LogP contribution is 2.70.